The molecule has 0 spiro atoms. The minimum atomic E-state index is 0.115. The number of methoxy groups -OCH3 is 1. The van der Waals surface area contributed by atoms with Crippen LogP contribution in [0.2, 0.25) is 5.02 Å². The predicted molar refractivity (Wildman–Crippen MR) is 85.4 cm³/mol. The highest BCUT2D eigenvalue weighted by Gasteiger charge is 2.38. The van der Waals surface area contributed by atoms with Gasteiger partial charge in [-0.2, -0.15) is 0 Å². The number of nitrogens with one attached hydrogen (secondary N) is 1. The van der Waals surface area contributed by atoms with Crippen LogP contribution < -0.4 is 5.32 Å². The van der Waals surface area contributed by atoms with Crippen molar-refractivity contribution in [1.29, 1.82) is 0 Å². The first-order valence-electron chi connectivity index (χ1n) is 7.70. The maximum absolute atomic E-state index is 6.09. The van der Waals surface area contributed by atoms with Crippen LogP contribution in [-0.4, -0.2) is 25.3 Å². The molecule has 0 aliphatic heterocycles. The van der Waals surface area contributed by atoms with Crippen molar-refractivity contribution in [2.75, 3.05) is 13.7 Å². The van der Waals surface area contributed by atoms with Crippen LogP contribution in [-0.2, 0) is 11.2 Å². The molecule has 2 nitrogen and oxygen atoms in total. The third-order valence-corrected chi connectivity index (χ3v) is 4.61. The molecule has 112 valence electrons. The molecule has 1 unspecified atom stereocenters. The lowest BCUT2D eigenvalue weighted by atomic mass is 9.75. The standard InChI is InChI=1S/C17H26ClNO/c1-3-10-19-16(13-17(20-2)8-5-9-17)12-14-6-4-7-15(18)11-14/h4,6-7,11,16,19H,3,5,8-10,12-13H2,1-2H3. The van der Waals surface area contributed by atoms with Gasteiger partial charge in [-0.05, 0) is 62.8 Å². The van der Waals surface area contributed by atoms with E-state index in [2.05, 4.69) is 24.4 Å². The Bertz CT molecular complexity index is 412. The van der Waals surface area contributed by atoms with E-state index in [0.29, 0.717) is 6.04 Å². The van der Waals surface area contributed by atoms with Gasteiger partial charge in [-0.25, -0.2) is 0 Å². The zero-order valence-corrected chi connectivity index (χ0v) is 13.4. The van der Waals surface area contributed by atoms with Crippen molar-refractivity contribution in [2.24, 2.45) is 0 Å². The molecule has 0 heterocycles. The van der Waals surface area contributed by atoms with Crippen LogP contribution in [0.3, 0.4) is 0 Å². The van der Waals surface area contributed by atoms with E-state index < -0.39 is 0 Å². The average Bonchev–Trinajstić information content (AvgIpc) is 2.40. The summed E-state index contributed by atoms with van der Waals surface area (Å²) >= 11 is 6.09. The van der Waals surface area contributed by atoms with Gasteiger partial charge in [0.15, 0.2) is 0 Å². The third-order valence-electron chi connectivity index (χ3n) is 4.37. The molecule has 1 aliphatic rings. The van der Waals surface area contributed by atoms with Gasteiger partial charge in [-0.3, -0.25) is 0 Å². The molecule has 1 aliphatic carbocycles. The highest BCUT2D eigenvalue weighted by molar-refractivity contribution is 6.30. The van der Waals surface area contributed by atoms with Crippen molar-refractivity contribution in [3.8, 4) is 0 Å². The van der Waals surface area contributed by atoms with E-state index in [4.69, 9.17) is 16.3 Å². The molecule has 1 atom stereocenters. The zero-order chi connectivity index (χ0) is 14.4. The van der Waals surface area contributed by atoms with E-state index in [0.717, 1.165) is 30.8 Å². The van der Waals surface area contributed by atoms with Gasteiger partial charge >= 0.3 is 0 Å². The Labute approximate surface area is 127 Å². The summed E-state index contributed by atoms with van der Waals surface area (Å²) < 4.78 is 5.78. The molecule has 20 heavy (non-hydrogen) atoms. The lowest BCUT2D eigenvalue weighted by molar-refractivity contribution is -0.0834. The van der Waals surface area contributed by atoms with Crippen LogP contribution in [0.1, 0.15) is 44.6 Å². The Morgan fingerprint density at radius 3 is 2.75 bits per heavy atom. The first kappa shape index (κ1) is 15.8. The fourth-order valence-corrected chi connectivity index (χ4v) is 3.24. The number of rotatable bonds is 8. The number of hydrogen-bond donors (Lipinski definition) is 1. The van der Waals surface area contributed by atoms with Crippen molar-refractivity contribution >= 4 is 11.6 Å². The Morgan fingerprint density at radius 1 is 1.40 bits per heavy atom. The number of halogens is 1. The first-order valence-corrected chi connectivity index (χ1v) is 8.08. The molecule has 0 radical (unpaired) electrons. The van der Waals surface area contributed by atoms with E-state index in [9.17, 15) is 0 Å². The van der Waals surface area contributed by atoms with Crippen molar-refractivity contribution in [3.63, 3.8) is 0 Å². The summed E-state index contributed by atoms with van der Waals surface area (Å²) in [7, 11) is 1.86. The molecule has 2 rings (SSSR count). The van der Waals surface area contributed by atoms with Gasteiger partial charge in [-0.1, -0.05) is 30.7 Å². The van der Waals surface area contributed by atoms with Crippen LogP contribution in [0.15, 0.2) is 24.3 Å². The van der Waals surface area contributed by atoms with Gasteiger partial charge in [-0.15, -0.1) is 0 Å². The van der Waals surface area contributed by atoms with Gasteiger partial charge in [0.2, 0.25) is 0 Å². The van der Waals surface area contributed by atoms with E-state index in [1.54, 1.807) is 0 Å². The second-order valence-electron chi connectivity index (χ2n) is 5.93. The summed E-state index contributed by atoms with van der Waals surface area (Å²) in [4.78, 5) is 0. The van der Waals surface area contributed by atoms with Gasteiger partial charge < -0.3 is 10.1 Å². The second-order valence-corrected chi connectivity index (χ2v) is 6.37. The van der Waals surface area contributed by atoms with Gasteiger partial charge in [0.05, 0.1) is 5.60 Å². The highest BCUT2D eigenvalue weighted by Crippen LogP contribution is 2.39. The minimum Gasteiger partial charge on any atom is -0.378 e. The number of ether oxygens (including phenoxy) is 1. The lowest BCUT2D eigenvalue weighted by Gasteiger charge is -2.43. The quantitative estimate of drug-likeness (QED) is 0.776. The van der Waals surface area contributed by atoms with Gasteiger partial charge in [0, 0.05) is 18.2 Å². The zero-order valence-electron chi connectivity index (χ0n) is 12.6. The largest absolute Gasteiger partial charge is 0.378 e. The summed E-state index contributed by atoms with van der Waals surface area (Å²) in [5, 5.41) is 4.49. The van der Waals surface area contributed by atoms with Crippen LogP contribution in [0.5, 0.6) is 0 Å². The monoisotopic (exact) mass is 295 g/mol. The fraction of sp³-hybridized carbons (Fsp3) is 0.647. The van der Waals surface area contributed by atoms with E-state index >= 15 is 0 Å². The maximum Gasteiger partial charge on any atom is 0.0693 e. The molecule has 1 fully saturated rings. The normalized spacial score (nSPS) is 18.6. The molecule has 1 saturated carbocycles. The van der Waals surface area contributed by atoms with Gasteiger partial charge in [0.25, 0.3) is 0 Å². The average molecular weight is 296 g/mol. The first-order chi connectivity index (χ1) is 9.67. The Balaban J connectivity index is 1.99. The summed E-state index contributed by atoms with van der Waals surface area (Å²) in [5.41, 5.74) is 1.42. The van der Waals surface area contributed by atoms with Gasteiger partial charge in [0.1, 0.15) is 0 Å². The smallest absolute Gasteiger partial charge is 0.0693 e. The molecule has 0 saturated heterocycles. The number of hydrogen-bond acceptors (Lipinski definition) is 2. The minimum absolute atomic E-state index is 0.115. The van der Waals surface area contributed by atoms with Crippen LogP contribution in [0.25, 0.3) is 0 Å². The third kappa shape index (κ3) is 4.21. The fourth-order valence-electron chi connectivity index (χ4n) is 3.03. The van der Waals surface area contributed by atoms with Crippen molar-refractivity contribution in [3.05, 3.63) is 34.9 Å². The van der Waals surface area contributed by atoms with Crippen molar-refractivity contribution in [1.82, 2.24) is 5.32 Å². The SMILES string of the molecule is CCCNC(Cc1cccc(Cl)c1)CC1(OC)CCC1. The molecule has 3 heteroatoms. The second kappa shape index (κ2) is 7.44. The van der Waals surface area contributed by atoms with Crippen LogP contribution >= 0.6 is 11.6 Å². The molecule has 1 N–H and O–H groups in total. The molecule has 0 aromatic heterocycles. The lowest BCUT2D eigenvalue weighted by Crippen LogP contribution is -2.46. The summed E-state index contributed by atoms with van der Waals surface area (Å²) in [5.74, 6) is 0. The Kier molecular flexibility index (Phi) is 5.88. The van der Waals surface area contributed by atoms with Crippen molar-refractivity contribution in [2.45, 2.75) is 57.1 Å². The Hall–Kier alpha value is -0.570. The van der Waals surface area contributed by atoms with E-state index in [-0.39, 0.29) is 5.60 Å². The predicted octanol–water partition coefficient (Wildman–Crippen LogP) is 4.21. The highest BCUT2D eigenvalue weighted by atomic mass is 35.5. The molecule has 1 aromatic carbocycles. The molecule has 0 amide bonds. The van der Waals surface area contributed by atoms with Crippen LogP contribution in [0.4, 0.5) is 0 Å². The number of benzene rings is 1. The van der Waals surface area contributed by atoms with E-state index in [1.807, 2.05) is 19.2 Å². The molecule has 0 bridgehead atoms. The summed E-state index contributed by atoms with van der Waals surface area (Å²) in [6.07, 6.45) is 6.96. The maximum atomic E-state index is 6.09. The Morgan fingerprint density at radius 2 is 2.20 bits per heavy atom. The van der Waals surface area contributed by atoms with E-state index in [1.165, 1.54) is 24.8 Å². The van der Waals surface area contributed by atoms with Crippen molar-refractivity contribution < 1.29 is 4.74 Å². The van der Waals surface area contributed by atoms with Crippen LogP contribution in [0, 0.1) is 0 Å². The summed E-state index contributed by atoms with van der Waals surface area (Å²) in [6.45, 7) is 3.27. The topological polar surface area (TPSA) is 21.3 Å². The molecule has 1 aromatic rings. The summed E-state index contributed by atoms with van der Waals surface area (Å²) in [6, 6.07) is 8.66. The molecular weight excluding hydrogens is 270 g/mol. The molecular formula is C17H26ClNO.